The van der Waals surface area contributed by atoms with E-state index in [1.54, 1.807) is 6.20 Å². The Morgan fingerprint density at radius 3 is 2.24 bits per heavy atom. The number of benzene rings is 2. The first-order chi connectivity index (χ1) is 18.0. The molecule has 3 aromatic rings. The summed E-state index contributed by atoms with van der Waals surface area (Å²) in [4.78, 5) is 48.1. The number of likely N-dealkylation sites (tertiary alicyclic amines) is 2. The van der Waals surface area contributed by atoms with Crippen molar-refractivity contribution in [3.05, 3.63) is 102 Å². The van der Waals surface area contributed by atoms with Gasteiger partial charge in [0.15, 0.2) is 0 Å². The SMILES string of the molecule is O=C(C[C@]1(c2ccccc2)CC(=O)N(CCc2ccccn2)C1=O)N1CCC(Cc2ccccc2)CC1. The predicted octanol–water partition coefficient (Wildman–Crippen LogP) is 4.19. The third-order valence-electron chi connectivity index (χ3n) is 7.84. The molecular formula is C31H33N3O3. The van der Waals surface area contributed by atoms with Gasteiger partial charge < -0.3 is 4.90 Å². The lowest BCUT2D eigenvalue weighted by Crippen LogP contribution is -2.46. The zero-order valence-corrected chi connectivity index (χ0v) is 21.1. The normalized spacial score (nSPS) is 20.4. The van der Waals surface area contributed by atoms with E-state index in [0.29, 0.717) is 25.4 Å². The van der Waals surface area contributed by atoms with Crippen molar-refractivity contribution in [3.63, 3.8) is 0 Å². The van der Waals surface area contributed by atoms with E-state index in [-0.39, 0.29) is 37.1 Å². The average molecular weight is 496 g/mol. The minimum Gasteiger partial charge on any atom is -0.343 e. The second kappa shape index (κ2) is 11.1. The molecule has 2 aliphatic heterocycles. The van der Waals surface area contributed by atoms with Crippen molar-refractivity contribution in [2.24, 2.45) is 5.92 Å². The monoisotopic (exact) mass is 495 g/mol. The minimum atomic E-state index is -1.15. The lowest BCUT2D eigenvalue weighted by molar-refractivity contribution is -0.143. The molecule has 0 aliphatic carbocycles. The molecule has 2 aromatic carbocycles. The largest absolute Gasteiger partial charge is 0.343 e. The van der Waals surface area contributed by atoms with Crippen LogP contribution < -0.4 is 0 Å². The molecule has 1 atom stereocenters. The summed E-state index contributed by atoms with van der Waals surface area (Å²) in [5.74, 6) is 0.00662. The molecule has 1 aromatic heterocycles. The van der Waals surface area contributed by atoms with Gasteiger partial charge in [-0.1, -0.05) is 66.7 Å². The summed E-state index contributed by atoms with van der Waals surface area (Å²) in [5, 5.41) is 0. The fraction of sp³-hybridized carbons (Fsp3) is 0.355. The smallest absolute Gasteiger partial charge is 0.240 e. The Labute approximate surface area is 218 Å². The van der Waals surface area contributed by atoms with Crippen LogP contribution in [0.5, 0.6) is 0 Å². The fourth-order valence-electron chi connectivity index (χ4n) is 5.73. The lowest BCUT2D eigenvalue weighted by atomic mass is 9.75. The van der Waals surface area contributed by atoms with E-state index in [1.807, 2.05) is 59.5 Å². The second-order valence-corrected chi connectivity index (χ2v) is 10.2. The van der Waals surface area contributed by atoms with E-state index < -0.39 is 5.41 Å². The Bertz CT molecular complexity index is 1220. The van der Waals surface area contributed by atoms with E-state index >= 15 is 0 Å². The number of amides is 3. The highest BCUT2D eigenvalue weighted by molar-refractivity contribution is 6.10. The van der Waals surface area contributed by atoms with Gasteiger partial charge in [0.1, 0.15) is 0 Å². The Morgan fingerprint density at radius 1 is 0.892 bits per heavy atom. The quantitative estimate of drug-likeness (QED) is 0.440. The third-order valence-corrected chi connectivity index (χ3v) is 7.84. The second-order valence-electron chi connectivity index (χ2n) is 10.2. The topological polar surface area (TPSA) is 70.6 Å². The molecule has 0 saturated carbocycles. The number of nitrogens with zero attached hydrogens (tertiary/aromatic N) is 3. The molecule has 5 rings (SSSR count). The van der Waals surface area contributed by atoms with Crippen LogP contribution >= 0.6 is 0 Å². The molecule has 0 N–H and O–H groups in total. The Morgan fingerprint density at radius 2 is 1.57 bits per heavy atom. The van der Waals surface area contributed by atoms with E-state index in [1.165, 1.54) is 10.5 Å². The molecule has 190 valence electrons. The van der Waals surface area contributed by atoms with Gasteiger partial charge in [0.05, 0.1) is 5.41 Å². The van der Waals surface area contributed by atoms with Gasteiger partial charge >= 0.3 is 0 Å². The van der Waals surface area contributed by atoms with Crippen LogP contribution in [0.25, 0.3) is 0 Å². The Balaban J connectivity index is 1.28. The van der Waals surface area contributed by atoms with Crippen molar-refractivity contribution in [1.82, 2.24) is 14.8 Å². The maximum Gasteiger partial charge on any atom is 0.240 e. The predicted molar refractivity (Wildman–Crippen MR) is 141 cm³/mol. The minimum absolute atomic E-state index is 0.0189. The summed E-state index contributed by atoms with van der Waals surface area (Å²) in [6, 6.07) is 25.5. The fourth-order valence-corrected chi connectivity index (χ4v) is 5.73. The number of hydrogen-bond donors (Lipinski definition) is 0. The van der Waals surface area contributed by atoms with Crippen molar-refractivity contribution in [2.75, 3.05) is 19.6 Å². The van der Waals surface area contributed by atoms with Crippen molar-refractivity contribution in [2.45, 2.75) is 43.9 Å². The number of carbonyl (C=O) groups is 3. The summed E-state index contributed by atoms with van der Waals surface area (Å²) in [7, 11) is 0. The molecule has 0 radical (unpaired) electrons. The van der Waals surface area contributed by atoms with Crippen LogP contribution in [0.4, 0.5) is 0 Å². The molecular weight excluding hydrogens is 462 g/mol. The van der Waals surface area contributed by atoms with Crippen molar-refractivity contribution >= 4 is 17.7 Å². The van der Waals surface area contributed by atoms with Crippen molar-refractivity contribution in [3.8, 4) is 0 Å². The Hall–Kier alpha value is -3.80. The molecule has 0 unspecified atom stereocenters. The van der Waals surface area contributed by atoms with Crippen molar-refractivity contribution < 1.29 is 14.4 Å². The standard InChI is InChI=1S/C31H33N3O3/c35-28(33-18-14-25(15-19-33)21-24-9-3-1-4-10-24)22-31(26-11-5-2-6-12-26)23-29(36)34(30(31)37)20-16-27-13-7-8-17-32-27/h1-13,17,25H,14-16,18-23H2/t31-/m1/s1. The number of pyridine rings is 1. The highest BCUT2D eigenvalue weighted by atomic mass is 16.2. The van der Waals surface area contributed by atoms with E-state index in [4.69, 9.17) is 0 Å². The van der Waals surface area contributed by atoms with Gasteiger partial charge in [0.2, 0.25) is 17.7 Å². The molecule has 2 fully saturated rings. The third kappa shape index (κ3) is 5.48. The number of imide groups is 1. The maximum absolute atomic E-state index is 13.8. The van der Waals surface area contributed by atoms with Crippen LogP contribution in [-0.4, -0.2) is 52.1 Å². The van der Waals surface area contributed by atoms with Crippen LogP contribution in [0.1, 0.15) is 42.5 Å². The maximum atomic E-state index is 13.8. The van der Waals surface area contributed by atoms with Gasteiger partial charge in [0.25, 0.3) is 0 Å². The molecule has 0 bridgehead atoms. The van der Waals surface area contributed by atoms with Crippen LogP contribution in [0.15, 0.2) is 85.1 Å². The van der Waals surface area contributed by atoms with Gasteiger partial charge in [-0.05, 0) is 48.4 Å². The number of hydrogen-bond acceptors (Lipinski definition) is 4. The van der Waals surface area contributed by atoms with Gasteiger partial charge in [-0.3, -0.25) is 24.3 Å². The summed E-state index contributed by atoms with van der Waals surface area (Å²) in [6.07, 6.45) is 5.16. The number of carbonyl (C=O) groups excluding carboxylic acids is 3. The van der Waals surface area contributed by atoms with Crippen LogP contribution in [0.3, 0.4) is 0 Å². The highest BCUT2D eigenvalue weighted by Crippen LogP contribution is 2.40. The van der Waals surface area contributed by atoms with Gasteiger partial charge in [-0.15, -0.1) is 0 Å². The van der Waals surface area contributed by atoms with Crippen LogP contribution in [0.2, 0.25) is 0 Å². The summed E-state index contributed by atoms with van der Waals surface area (Å²) in [5.41, 5.74) is 1.74. The van der Waals surface area contributed by atoms with Crippen LogP contribution in [-0.2, 0) is 32.6 Å². The summed E-state index contributed by atoms with van der Waals surface area (Å²) in [6.45, 7) is 1.64. The van der Waals surface area contributed by atoms with Gasteiger partial charge in [-0.25, -0.2) is 0 Å². The highest BCUT2D eigenvalue weighted by Gasteiger charge is 2.54. The number of piperidine rings is 1. The van der Waals surface area contributed by atoms with Crippen LogP contribution in [0, 0.1) is 5.92 Å². The number of rotatable bonds is 8. The first-order valence-electron chi connectivity index (χ1n) is 13.2. The molecule has 0 spiro atoms. The Kier molecular flexibility index (Phi) is 7.45. The zero-order valence-electron chi connectivity index (χ0n) is 21.1. The molecule has 3 heterocycles. The average Bonchev–Trinajstić information content (AvgIpc) is 3.18. The molecule has 37 heavy (non-hydrogen) atoms. The first kappa shape index (κ1) is 24.9. The number of aromatic nitrogens is 1. The van der Waals surface area contributed by atoms with Gasteiger partial charge in [0, 0.05) is 50.8 Å². The molecule has 2 aliphatic rings. The molecule has 6 nitrogen and oxygen atoms in total. The molecule has 2 saturated heterocycles. The summed E-state index contributed by atoms with van der Waals surface area (Å²) < 4.78 is 0. The molecule has 3 amide bonds. The van der Waals surface area contributed by atoms with E-state index in [9.17, 15) is 14.4 Å². The summed E-state index contributed by atoms with van der Waals surface area (Å²) >= 11 is 0. The molecule has 6 heteroatoms. The van der Waals surface area contributed by atoms with E-state index in [0.717, 1.165) is 30.5 Å². The van der Waals surface area contributed by atoms with E-state index in [2.05, 4.69) is 29.2 Å². The van der Waals surface area contributed by atoms with Gasteiger partial charge in [-0.2, -0.15) is 0 Å². The first-order valence-corrected chi connectivity index (χ1v) is 13.2. The van der Waals surface area contributed by atoms with Crippen molar-refractivity contribution in [1.29, 1.82) is 0 Å². The lowest BCUT2D eigenvalue weighted by Gasteiger charge is -2.35. The zero-order chi connectivity index (χ0) is 25.7.